The molecule has 0 saturated heterocycles. The molecular formula is C21H22FNO3. The number of esters is 1. The highest BCUT2D eigenvalue weighted by atomic mass is 19.1. The van der Waals surface area contributed by atoms with E-state index in [1.807, 2.05) is 37.3 Å². The summed E-state index contributed by atoms with van der Waals surface area (Å²) in [5.74, 6) is -1.50. The summed E-state index contributed by atoms with van der Waals surface area (Å²) in [4.78, 5) is 23.8. The molecule has 0 spiro atoms. The Morgan fingerprint density at radius 3 is 2.50 bits per heavy atom. The Bertz CT molecular complexity index is 759. The second-order valence-electron chi connectivity index (χ2n) is 5.78. The lowest BCUT2D eigenvalue weighted by Gasteiger charge is -2.18. The van der Waals surface area contributed by atoms with Gasteiger partial charge in [-0.1, -0.05) is 61.9 Å². The Kier molecular flexibility index (Phi) is 7.55. The lowest BCUT2D eigenvalue weighted by atomic mass is 10.0. The van der Waals surface area contributed by atoms with Gasteiger partial charge in [0.05, 0.1) is 6.04 Å². The van der Waals surface area contributed by atoms with Gasteiger partial charge in [0.2, 0.25) is 0 Å². The quantitative estimate of drug-likeness (QED) is 0.574. The zero-order valence-electron chi connectivity index (χ0n) is 14.7. The minimum absolute atomic E-state index is 0.124. The molecule has 1 N–H and O–H groups in total. The number of carbonyl (C=O) groups is 2. The highest BCUT2D eigenvalue weighted by molar-refractivity contribution is 5.89. The Morgan fingerprint density at radius 2 is 1.81 bits per heavy atom. The third-order valence-electron chi connectivity index (χ3n) is 3.76. The zero-order valence-corrected chi connectivity index (χ0v) is 14.7. The Hall–Kier alpha value is -2.95. The molecule has 26 heavy (non-hydrogen) atoms. The van der Waals surface area contributed by atoms with E-state index in [1.165, 1.54) is 12.1 Å². The number of rotatable bonds is 8. The molecule has 2 aromatic rings. The molecule has 0 bridgehead atoms. The fourth-order valence-corrected chi connectivity index (χ4v) is 2.49. The van der Waals surface area contributed by atoms with Crippen molar-refractivity contribution in [2.45, 2.75) is 25.8 Å². The maximum atomic E-state index is 13.5. The monoisotopic (exact) mass is 355 g/mol. The number of hydrogen-bond donors (Lipinski definition) is 1. The van der Waals surface area contributed by atoms with E-state index in [4.69, 9.17) is 4.74 Å². The van der Waals surface area contributed by atoms with Crippen molar-refractivity contribution >= 4 is 18.0 Å². The van der Waals surface area contributed by atoms with E-state index in [1.54, 1.807) is 18.2 Å². The largest absolute Gasteiger partial charge is 0.452 e. The number of ether oxygens (including phenoxy) is 1. The van der Waals surface area contributed by atoms with Crippen LogP contribution in [0, 0.1) is 5.82 Å². The highest BCUT2D eigenvalue weighted by Gasteiger charge is 2.14. The molecule has 2 aromatic carbocycles. The number of nitrogens with one attached hydrogen (secondary N) is 1. The van der Waals surface area contributed by atoms with Gasteiger partial charge in [-0.15, -0.1) is 0 Å². The van der Waals surface area contributed by atoms with Crippen LogP contribution in [0.15, 0.2) is 60.7 Å². The van der Waals surface area contributed by atoms with Gasteiger partial charge < -0.3 is 10.1 Å². The van der Waals surface area contributed by atoms with E-state index in [-0.39, 0.29) is 24.1 Å². The van der Waals surface area contributed by atoms with Crippen molar-refractivity contribution in [1.82, 2.24) is 5.32 Å². The molecule has 0 unspecified atom stereocenters. The molecule has 5 heteroatoms. The fraction of sp³-hybridized carbons (Fsp3) is 0.238. The van der Waals surface area contributed by atoms with Gasteiger partial charge in [0.15, 0.2) is 6.61 Å². The maximum absolute atomic E-state index is 13.5. The van der Waals surface area contributed by atoms with Crippen LogP contribution in [-0.4, -0.2) is 18.5 Å². The summed E-state index contributed by atoms with van der Waals surface area (Å²) < 4.78 is 18.4. The molecule has 4 nitrogen and oxygen atoms in total. The van der Waals surface area contributed by atoms with E-state index in [9.17, 15) is 14.0 Å². The van der Waals surface area contributed by atoms with Crippen molar-refractivity contribution in [2.75, 3.05) is 6.61 Å². The minimum Gasteiger partial charge on any atom is -0.452 e. The first-order valence-corrected chi connectivity index (χ1v) is 8.54. The van der Waals surface area contributed by atoms with Gasteiger partial charge in [-0.05, 0) is 24.1 Å². The van der Waals surface area contributed by atoms with Crippen molar-refractivity contribution in [3.8, 4) is 0 Å². The van der Waals surface area contributed by atoms with Crippen molar-refractivity contribution < 1.29 is 18.7 Å². The molecule has 136 valence electrons. The molecule has 0 aromatic heterocycles. The average molecular weight is 355 g/mol. The Labute approximate surface area is 152 Å². The standard InChI is InChI=1S/C21H22FNO3/c1-2-8-19(17-10-4-3-5-11-17)23-20(24)15-26-21(25)14-13-16-9-6-7-12-18(16)22/h3-7,9-14,19H,2,8,15H2,1H3,(H,23,24)/b14-13+/t19-/m1/s1. The molecule has 2 rings (SSSR count). The summed E-state index contributed by atoms with van der Waals surface area (Å²) in [5, 5.41) is 2.87. The predicted molar refractivity (Wildman–Crippen MR) is 98.6 cm³/mol. The first-order valence-electron chi connectivity index (χ1n) is 8.54. The second-order valence-corrected chi connectivity index (χ2v) is 5.78. The van der Waals surface area contributed by atoms with Gasteiger partial charge in [0.1, 0.15) is 5.82 Å². The highest BCUT2D eigenvalue weighted by Crippen LogP contribution is 2.17. The van der Waals surface area contributed by atoms with Crippen LogP contribution in [0.3, 0.4) is 0 Å². The smallest absolute Gasteiger partial charge is 0.331 e. The number of carbonyl (C=O) groups excluding carboxylic acids is 2. The molecular weight excluding hydrogens is 333 g/mol. The van der Waals surface area contributed by atoms with E-state index in [2.05, 4.69) is 5.32 Å². The predicted octanol–water partition coefficient (Wildman–Crippen LogP) is 4.04. The number of halogens is 1. The lowest BCUT2D eigenvalue weighted by molar-refractivity contribution is -0.144. The van der Waals surface area contributed by atoms with Crippen LogP contribution >= 0.6 is 0 Å². The van der Waals surface area contributed by atoms with Gasteiger partial charge in [-0.2, -0.15) is 0 Å². The van der Waals surface area contributed by atoms with E-state index < -0.39 is 11.8 Å². The van der Waals surface area contributed by atoms with Gasteiger partial charge in [0.25, 0.3) is 5.91 Å². The van der Waals surface area contributed by atoms with Crippen LogP contribution in [0.1, 0.15) is 36.9 Å². The normalized spacial score (nSPS) is 11.9. The molecule has 1 atom stereocenters. The van der Waals surface area contributed by atoms with Crippen LogP contribution < -0.4 is 5.32 Å². The molecule has 0 radical (unpaired) electrons. The Morgan fingerprint density at radius 1 is 1.12 bits per heavy atom. The molecule has 0 heterocycles. The summed E-state index contributed by atoms with van der Waals surface area (Å²) in [6.07, 6.45) is 4.12. The van der Waals surface area contributed by atoms with Crippen LogP contribution in [0.4, 0.5) is 4.39 Å². The molecule has 0 fully saturated rings. The topological polar surface area (TPSA) is 55.4 Å². The van der Waals surface area contributed by atoms with Gasteiger partial charge in [0, 0.05) is 11.6 Å². The van der Waals surface area contributed by atoms with Gasteiger partial charge in [-0.25, -0.2) is 9.18 Å². The number of hydrogen-bond acceptors (Lipinski definition) is 3. The maximum Gasteiger partial charge on any atom is 0.331 e. The minimum atomic E-state index is -0.699. The number of benzene rings is 2. The zero-order chi connectivity index (χ0) is 18.8. The summed E-state index contributed by atoms with van der Waals surface area (Å²) in [6, 6.07) is 15.6. The Balaban J connectivity index is 1.85. The molecule has 0 saturated carbocycles. The SMILES string of the molecule is CCC[C@@H](NC(=O)COC(=O)/C=C/c1ccccc1F)c1ccccc1. The third-order valence-corrected chi connectivity index (χ3v) is 3.76. The van der Waals surface area contributed by atoms with Gasteiger partial charge in [-0.3, -0.25) is 4.79 Å². The summed E-state index contributed by atoms with van der Waals surface area (Å²) in [5.41, 5.74) is 1.29. The van der Waals surface area contributed by atoms with Crippen LogP contribution in [0.5, 0.6) is 0 Å². The first-order chi connectivity index (χ1) is 12.6. The number of amides is 1. The van der Waals surface area contributed by atoms with Crippen molar-refractivity contribution in [3.05, 3.63) is 77.6 Å². The summed E-state index contributed by atoms with van der Waals surface area (Å²) in [6.45, 7) is 1.66. The van der Waals surface area contributed by atoms with Crippen LogP contribution in [0.25, 0.3) is 6.08 Å². The molecule has 0 aliphatic carbocycles. The van der Waals surface area contributed by atoms with Crippen molar-refractivity contribution in [1.29, 1.82) is 0 Å². The van der Waals surface area contributed by atoms with Crippen molar-refractivity contribution in [2.24, 2.45) is 0 Å². The summed E-state index contributed by atoms with van der Waals surface area (Å²) >= 11 is 0. The fourth-order valence-electron chi connectivity index (χ4n) is 2.49. The second kappa shape index (κ2) is 10.1. The first kappa shape index (κ1) is 19.4. The van der Waals surface area contributed by atoms with E-state index >= 15 is 0 Å². The van der Waals surface area contributed by atoms with Crippen molar-refractivity contribution in [3.63, 3.8) is 0 Å². The summed E-state index contributed by atoms with van der Waals surface area (Å²) in [7, 11) is 0. The van der Waals surface area contributed by atoms with Gasteiger partial charge >= 0.3 is 5.97 Å². The van der Waals surface area contributed by atoms with E-state index in [0.717, 1.165) is 24.5 Å². The molecule has 1 amide bonds. The lowest BCUT2D eigenvalue weighted by Crippen LogP contribution is -2.32. The van der Waals surface area contributed by atoms with E-state index in [0.29, 0.717) is 0 Å². The third kappa shape index (κ3) is 6.16. The average Bonchev–Trinajstić information content (AvgIpc) is 2.66. The van der Waals surface area contributed by atoms with Crippen LogP contribution in [-0.2, 0) is 14.3 Å². The van der Waals surface area contributed by atoms with Crippen LogP contribution in [0.2, 0.25) is 0 Å². The molecule has 0 aliphatic rings. The molecule has 0 aliphatic heterocycles.